The van der Waals surface area contributed by atoms with E-state index >= 15 is 0 Å². The molecule has 6 heteroatoms. The molecule has 0 saturated carbocycles. The zero-order valence-corrected chi connectivity index (χ0v) is 18.0. The Balaban J connectivity index is 1.37. The van der Waals surface area contributed by atoms with Crippen LogP contribution < -0.4 is 19.7 Å². The number of anilines is 2. The molecule has 0 bridgehead atoms. The van der Waals surface area contributed by atoms with E-state index in [1.165, 1.54) is 0 Å². The van der Waals surface area contributed by atoms with Crippen molar-refractivity contribution in [2.75, 3.05) is 30.0 Å². The molecule has 0 saturated heterocycles. The highest BCUT2D eigenvalue weighted by Crippen LogP contribution is 2.35. The molecule has 2 amide bonds. The molecule has 0 atom stereocenters. The lowest BCUT2D eigenvalue weighted by atomic mass is 10.1. The SMILES string of the molecule is Cc1cccc(OCCCCN2C(=O)COc3ccc(NC(=O)c4ccccc4)cc32)c1. The minimum Gasteiger partial charge on any atom is -0.494 e. The summed E-state index contributed by atoms with van der Waals surface area (Å²) in [5.74, 6) is 1.20. The number of rotatable bonds is 8. The van der Waals surface area contributed by atoms with Gasteiger partial charge in [0, 0.05) is 17.8 Å². The van der Waals surface area contributed by atoms with Crippen molar-refractivity contribution in [3.8, 4) is 11.5 Å². The van der Waals surface area contributed by atoms with Gasteiger partial charge >= 0.3 is 0 Å². The molecule has 4 rings (SSSR count). The number of benzene rings is 3. The highest BCUT2D eigenvalue weighted by atomic mass is 16.5. The second kappa shape index (κ2) is 10.0. The van der Waals surface area contributed by atoms with Gasteiger partial charge in [-0.2, -0.15) is 0 Å². The second-order valence-corrected chi connectivity index (χ2v) is 7.71. The summed E-state index contributed by atoms with van der Waals surface area (Å²) in [4.78, 5) is 26.7. The Morgan fingerprint density at radius 2 is 1.88 bits per heavy atom. The van der Waals surface area contributed by atoms with E-state index in [-0.39, 0.29) is 18.4 Å². The summed E-state index contributed by atoms with van der Waals surface area (Å²) >= 11 is 0. The number of nitrogens with zero attached hydrogens (tertiary/aromatic N) is 1. The van der Waals surface area contributed by atoms with Crippen molar-refractivity contribution >= 4 is 23.2 Å². The van der Waals surface area contributed by atoms with Crippen molar-refractivity contribution in [1.29, 1.82) is 0 Å². The van der Waals surface area contributed by atoms with E-state index in [9.17, 15) is 9.59 Å². The minimum atomic E-state index is -0.201. The van der Waals surface area contributed by atoms with Crippen LogP contribution in [0.1, 0.15) is 28.8 Å². The lowest BCUT2D eigenvalue weighted by molar-refractivity contribution is -0.121. The molecule has 3 aromatic carbocycles. The van der Waals surface area contributed by atoms with Gasteiger partial charge in [-0.3, -0.25) is 9.59 Å². The molecule has 164 valence electrons. The molecule has 0 unspecified atom stereocenters. The average Bonchev–Trinajstić information content (AvgIpc) is 2.81. The van der Waals surface area contributed by atoms with Crippen molar-refractivity contribution in [2.45, 2.75) is 19.8 Å². The molecule has 0 aliphatic carbocycles. The first-order valence-corrected chi connectivity index (χ1v) is 10.7. The Hall–Kier alpha value is -3.80. The molecule has 1 heterocycles. The van der Waals surface area contributed by atoms with Gasteiger partial charge in [0.25, 0.3) is 11.8 Å². The third kappa shape index (κ3) is 5.27. The van der Waals surface area contributed by atoms with Crippen molar-refractivity contribution in [3.05, 3.63) is 83.9 Å². The molecule has 32 heavy (non-hydrogen) atoms. The predicted molar refractivity (Wildman–Crippen MR) is 125 cm³/mol. The minimum absolute atomic E-state index is 0.0164. The third-order valence-electron chi connectivity index (χ3n) is 5.23. The van der Waals surface area contributed by atoms with E-state index in [4.69, 9.17) is 9.47 Å². The lowest BCUT2D eigenvalue weighted by Crippen LogP contribution is -2.39. The van der Waals surface area contributed by atoms with E-state index in [0.717, 1.165) is 24.2 Å². The molecule has 0 aromatic heterocycles. The number of unbranched alkanes of at least 4 members (excludes halogenated alkanes) is 1. The summed E-state index contributed by atoms with van der Waals surface area (Å²) in [5.41, 5.74) is 3.02. The highest BCUT2D eigenvalue weighted by Gasteiger charge is 2.25. The monoisotopic (exact) mass is 430 g/mol. The molecule has 1 N–H and O–H groups in total. The largest absolute Gasteiger partial charge is 0.494 e. The first-order valence-electron chi connectivity index (χ1n) is 10.7. The fraction of sp³-hybridized carbons (Fsp3) is 0.231. The van der Waals surface area contributed by atoms with Gasteiger partial charge in [0.2, 0.25) is 0 Å². The van der Waals surface area contributed by atoms with E-state index in [0.29, 0.717) is 35.8 Å². The quantitative estimate of drug-likeness (QED) is 0.520. The van der Waals surface area contributed by atoms with Gasteiger partial charge in [-0.05, 0) is 67.8 Å². The number of fused-ring (bicyclic) bond motifs is 1. The summed E-state index contributed by atoms with van der Waals surface area (Å²) in [7, 11) is 0. The van der Waals surface area contributed by atoms with Gasteiger partial charge in [0.1, 0.15) is 11.5 Å². The fourth-order valence-electron chi connectivity index (χ4n) is 3.58. The van der Waals surface area contributed by atoms with Crippen molar-refractivity contribution < 1.29 is 19.1 Å². The predicted octanol–water partition coefficient (Wildman–Crippen LogP) is 4.83. The van der Waals surface area contributed by atoms with E-state index in [1.54, 1.807) is 35.2 Å². The van der Waals surface area contributed by atoms with Crippen molar-refractivity contribution in [2.24, 2.45) is 0 Å². The number of nitrogens with one attached hydrogen (secondary N) is 1. The smallest absolute Gasteiger partial charge is 0.265 e. The van der Waals surface area contributed by atoms with E-state index < -0.39 is 0 Å². The maximum absolute atomic E-state index is 12.5. The van der Waals surface area contributed by atoms with Crippen LogP contribution in [0.3, 0.4) is 0 Å². The van der Waals surface area contributed by atoms with Crippen molar-refractivity contribution in [1.82, 2.24) is 0 Å². The number of hydrogen-bond acceptors (Lipinski definition) is 4. The fourth-order valence-corrected chi connectivity index (χ4v) is 3.58. The Morgan fingerprint density at radius 1 is 1.03 bits per heavy atom. The van der Waals surface area contributed by atoms with Gasteiger partial charge in [0.15, 0.2) is 6.61 Å². The number of aryl methyl sites for hydroxylation is 1. The first-order chi connectivity index (χ1) is 15.6. The Morgan fingerprint density at radius 3 is 2.69 bits per heavy atom. The van der Waals surface area contributed by atoms with Gasteiger partial charge < -0.3 is 19.7 Å². The van der Waals surface area contributed by atoms with Crippen LogP contribution in [-0.4, -0.2) is 31.6 Å². The maximum Gasteiger partial charge on any atom is 0.265 e. The molecular weight excluding hydrogens is 404 g/mol. The number of carbonyl (C=O) groups excluding carboxylic acids is 2. The van der Waals surface area contributed by atoms with Gasteiger partial charge in [-0.15, -0.1) is 0 Å². The topological polar surface area (TPSA) is 67.9 Å². The molecule has 0 radical (unpaired) electrons. The average molecular weight is 431 g/mol. The number of carbonyl (C=O) groups is 2. The third-order valence-corrected chi connectivity index (χ3v) is 5.23. The van der Waals surface area contributed by atoms with Gasteiger partial charge in [-0.25, -0.2) is 0 Å². The summed E-state index contributed by atoms with van der Waals surface area (Å²) in [5, 5.41) is 2.89. The molecule has 0 spiro atoms. The summed E-state index contributed by atoms with van der Waals surface area (Å²) in [6, 6.07) is 22.3. The number of ether oxygens (including phenoxy) is 2. The van der Waals surface area contributed by atoms with Crippen LogP contribution in [0.15, 0.2) is 72.8 Å². The molecule has 0 fully saturated rings. The van der Waals surface area contributed by atoms with Crippen LogP contribution in [0.5, 0.6) is 11.5 Å². The summed E-state index contributed by atoms with van der Waals surface area (Å²) in [6.45, 7) is 3.19. The van der Waals surface area contributed by atoms with Crippen LogP contribution in [0.25, 0.3) is 0 Å². The lowest BCUT2D eigenvalue weighted by Gasteiger charge is -2.30. The first kappa shape index (κ1) is 21.4. The highest BCUT2D eigenvalue weighted by molar-refractivity contribution is 6.05. The van der Waals surface area contributed by atoms with Crippen LogP contribution in [0.4, 0.5) is 11.4 Å². The molecule has 1 aliphatic heterocycles. The van der Waals surface area contributed by atoms with Crippen LogP contribution >= 0.6 is 0 Å². The summed E-state index contributed by atoms with van der Waals surface area (Å²) in [6.07, 6.45) is 1.61. The standard InChI is InChI=1S/C26H26N2O4/c1-19-8-7-11-22(16-19)31-15-6-5-14-28-23-17-21(12-13-24(23)32-18-25(28)29)27-26(30)20-9-3-2-4-10-20/h2-4,7-13,16-17H,5-6,14-15,18H2,1H3,(H,27,30). The zero-order valence-electron chi connectivity index (χ0n) is 18.0. The number of hydrogen-bond donors (Lipinski definition) is 1. The van der Waals surface area contributed by atoms with E-state index in [1.807, 2.05) is 49.4 Å². The molecular formula is C26H26N2O4. The molecule has 3 aromatic rings. The van der Waals surface area contributed by atoms with E-state index in [2.05, 4.69) is 5.32 Å². The maximum atomic E-state index is 12.5. The molecule has 6 nitrogen and oxygen atoms in total. The second-order valence-electron chi connectivity index (χ2n) is 7.71. The van der Waals surface area contributed by atoms with Gasteiger partial charge in [0.05, 0.1) is 12.3 Å². The van der Waals surface area contributed by atoms with Crippen molar-refractivity contribution in [3.63, 3.8) is 0 Å². The number of amides is 2. The van der Waals surface area contributed by atoms with Gasteiger partial charge in [-0.1, -0.05) is 30.3 Å². The summed E-state index contributed by atoms with van der Waals surface area (Å²) < 4.78 is 11.4. The molecule has 1 aliphatic rings. The Labute approximate surface area is 187 Å². The zero-order chi connectivity index (χ0) is 22.3. The normalized spacial score (nSPS) is 12.7. The van der Waals surface area contributed by atoms with Crippen LogP contribution in [-0.2, 0) is 4.79 Å². The van der Waals surface area contributed by atoms with Crippen LogP contribution in [0, 0.1) is 6.92 Å². The van der Waals surface area contributed by atoms with Crippen LogP contribution in [0.2, 0.25) is 0 Å². The Bertz CT molecular complexity index is 1100. The Kier molecular flexibility index (Phi) is 6.70.